The van der Waals surface area contributed by atoms with Crippen molar-refractivity contribution in [1.82, 2.24) is 4.90 Å². The first kappa shape index (κ1) is 16.5. The molecule has 0 N–H and O–H groups in total. The monoisotopic (exact) mass is 290 g/mol. The Kier molecular flexibility index (Phi) is 6.26. The van der Waals surface area contributed by atoms with E-state index in [4.69, 9.17) is 4.74 Å². The fourth-order valence-corrected chi connectivity index (χ4v) is 3.91. The second-order valence-corrected chi connectivity index (χ2v) is 6.98. The van der Waals surface area contributed by atoms with Gasteiger partial charge in [-0.3, -0.25) is 0 Å². The maximum absolute atomic E-state index is 9.51. The number of rotatable bonds is 4. The molecular weight excluding hydrogens is 260 g/mol. The summed E-state index contributed by atoms with van der Waals surface area (Å²) in [5, 5.41) is 9.51. The zero-order valence-electron chi connectivity index (χ0n) is 13.8. The summed E-state index contributed by atoms with van der Waals surface area (Å²) in [6.07, 6.45) is 12.2. The topological polar surface area (TPSA) is 36.3 Å². The lowest BCUT2D eigenvalue weighted by Crippen LogP contribution is -2.31. The minimum absolute atomic E-state index is 0.414. The molecule has 2 fully saturated rings. The minimum Gasteiger partial charge on any atom is -0.381 e. The molecule has 0 heterocycles. The van der Waals surface area contributed by atoms with Gasteiger partial charge in [-0.2, -0.15) is 5.26 Å². The van der Waals surface area contributed by atoms with Crippen molar-refractivity contribution in [3.8, 4) is 6.07 Å². The van der Waals surface area contributed by atoms with Gasteiger partial charge in [-0.1, -0.05) is 6.08 Å². The quantitative estimate of drug-likeness (QED) is 0.740. The summed E-state index contributed by atoms with van der Waals surface area (Å²) in [6, 6.07) is 3.23. The number of hydrogen-bond acceptors (Lipinski definition) is 3. The number of methoxy groups -OCH3 is 1. The first-order valence-corrected chi connectivity index (χ1v) is 8.45. The first-order valence-electron chi connectivity index (χ1n) is 8.45. The number of hydrogen-bond donors (Lipinski definition) is 0. The van der Waals surface area contributed by atoms with E-state index in [1.54, 1.807) is 7.11 Å². The molecule has 0 atom stereocenters. The highest BCUT2D eigenvalue weighted by Gasteiger charge is 2.26. The normalized spacial score (nSPS) is 34.7. The molecule has 0 saturated heterocycles. The van der Waals surface area contributed by atoms with Gasteiger partial charge in [-0.15, -0.1) is 0 Å². The molecule has 3 nitrogen and oxygen atoms in total. The molecular formula is C18H30N2O. The largest absolute Gasteiger partial charge is 0.381 e. The Bertz CT molecular complexity index is 381. The van der Waals surface area contributed by atoms with E-state index in [0.717, 1.165) is 37.3 Å². The standard InChI is InChI=1S/C18H30N2O/c1-20(2)17-8-4-14(5-9-17)12-16(13-19)15-6-10-18(21-3)11-7-15/h12,14-15,17-18H,4-11H2,1-3H3/b16-12+. The predicted molar refractivity (Wildman–Crippen MR) is 85.9 cm³/mol. The van der Waals surface area contributed by atoms with E-state index in [1.165, 1.54) is 25.7 Å². The van der Waals surface area contributed by atoms with Gasteiger partial charge in [-0.05, 0) is 77.3 Å². The molecule has 0 spiro atoms. The van der Waals surface area contributed by atoms with Gasteiger partial charge in [0.25, 0.3) is 0 Å². The zero-order valence-corrected chi connectivity index (χ0v) is 13.8. The molecule has 2 aliphatic carbocycles. The van der Waals surface area contributed by atoms with Crippen LogP contribution in [0.2, 0.25) is 0 Å². The molecule has 2 aliphatic rings. The third-order valence-electron chi connectivity index (χ3n) is 5.46. The van der Waals surface area contributed by atoms with Crippen LogP contribution in [0.15, 0.2) is 11.6 Å². The van der Waals surface area contributed by atoms with Gasteiger partial charge in [0.05, 0.1) is 12.2 Å². The number of allylic oxidation sites excluding steroid dienone is 2. The average Bonchev–Trinajstić information content (AvgIpc) is 2.53. The molecule has 3 heteroatoms. The third kappa shape index (κ3) is 4.56. The van der Waals surface area contributed by atoms with Crippen molar-refractivity contribution in [2.24, 2.45) is 11.8 Å². The average molecular weight is 290 g/mol. The summed E-state index contributed by atoms with van der Waals surface area (Å²) in [6.45, 7) is 0. The minimum atomic E-state index is 0.414. The summed E-state index contributed by atoms with van der Waals surface area (Å²) in [7, 11) is 6.15. The summed E-state index contributed by atoms with van der Waals surface area (Å²) in [4.78, 5) is 2.34. The number of nitriles is 1. The summed E-state index contributed by atoms with van der Waals surface area (Å²) in [5.74, 6) is 1.10. The van der Waals surface area contributed by atoms with E-state index < -0.39 is 0 Å². The van der Waals surface area contributed by atoms with E-state index >= 15 is 0 Å². The van der Waals surface area contributed by atoms with Gasteiger partial charge in [0.2, 0.25) is 0 Å². The van der Waals surface area contributed by atoms with E-state index in [2.05, 4.69) is 31.1 Å². The van der Waals surface area contributed by atoms with Crippen molar-refractivity contribution < 1.29 is 4.74 Å². The smallest absolute Gasteiger partial charge is 0.0946 e. The van der Waals surface area contributed by atoms with Crippen molar-refractivity contribution in [2.75, 3.05) is 21.2 Å². The van der Waals surface area contributed by atoms with E-state index in [-0.39, 0.29) is 0 Å². The van der Waals surface area contributed by atoms with Gasteiger partial charge in [0, 0.05) is 18.7 Å². The molecule has 0 aliphatic heterocycles. The van der Waals surface area contributed by atoms with Crippen LogP contribution in [0.1, 0.15) is 51.4 Å². The molecule has 0 radical (unpaired) electrons. The Morgan fingerprint density at radius 2 is 1.67 bits per heavy atom. The molecule has 0 aromatic carbocycles. The lowest BCUT2D eigenvalue weighted by molar-refractivity contribution is 0.0617. The van der Waals surface area contributed by atoms with E-state index in [1.807, 2.05) is 0 Å². The molecule has 0 amide bonds. The van der Waals surface area contributed by atoms with Crippen LogP contribution in [0.3, 0.4) is 0 Å². The highest BCUT2D eigenvalue weighted by molar-refractivity contribution is 5.25. The van der Waals surface area contributed by atoms with E-state index in [0.29, 0.717) is 17.9 Å². The van der Waals surface area contributed by atoms with Gasteiger partial charge in [0.1, 0.15) is 0 Å². The van der Waals surface area contributed by atoms with Crippen LogP contribution in [0.5, 0.6) is 0 Å². The Hall–Kier alpha value is -0.850. The molecule has 0 aromatic heterocycles. The van der Waals surface area contributed by atoms with Crippen molar-refractivity contribution >= 4 is 0 Å². The van der Waals surface area contributed by atoms with Crippen molar-refractivity contribution in [3.63, 3.8) is 0 Å². The molecule has 0 unspecified atom stereocenters. The second-order valence-electron chi connectivity index (χ2n) is 6.98. The zero-order chi connectivity index (χ0) is 15.2. The van der Waals surface area contributed by atoms with Crippen LogP contribution in [0.4, 0.5) is 0 Å². The highest BCUT2D eigenvalue weighted by atomic mass is 16.5. The maximum atomic E-state index is 9.51. The van der Waals surface area contributed by atoms with Crippen molar-refractivity contribution in [1.29, 1.82) is 5.26 Å². The first-order chi connectivity index (χ1) is 10.1. The molecule has 0 aromatic rings. The molecule has 118 valence electrons. The molecule has 0 bridgehead atoms. The van der Waals surface area contributed by atoms with E-state index in [9.17, 15) is 5.26 Å². The summed E-state index contributed by atoms with van der Waals surface area (Å²) in [5.41, 5.74) is 1.05. The SMILES string of the molecule is COC1CCC(/C(C#N)=C/C2CCC(N(C)C)CC2)CC1. The predicted octanol–water partition coefficient (Wildman–Crippen LogP) is 3.76. The lowest BCUT2D eigenvalue weighted by Gasteiger charge is -2.32. The molecule has 21 heavy (non-hydrogen) atoms. The highest BCUT2D eigenvalue weighted by Crippen LogP contribution is 2.34. The van der Waals surface area contributed by atoms with Crippen LogP contribution >= 0.6 is 0 Å². The number of nitrogens with zero attached hydrogens (tertiary/aromatic N) is 2. The van der Waals surface area contributed by atoms with Gasteiger partial charge in [0.15, 0.2) is 0 Å². The lowest BCUT2D eigenvalue weighted by atomic mass is 9.79. The second kappa shape index (κ2) is 7.96. The Labute approximate surface area is 130 Å². The fraction of sp³-hybridized carbons (Fsp3) is 0.833. The number of ether oxygens (including phenoxy) is 1. The van der Waals surface area contributed by atoms with Crippen LogP contribution in [-0.4, -0.2) is 38.3 Å². The molecule has 2 rings (SSSR count). The Morgan fingerprint density at radius 1 is 1.05 bits per heavy atom. The fourth-order valence-electron chi connectivity index (χ4n) is 3.91. The summed E-state index contributed by atoms with van der Waals surface area (Å²) >= 11 is 0. The Morgan fingerprint density at radius 3 is 2.14 bits per heavy atom. The summed E-state index contributed by atoms with van der Waals surface area (Å²) < 4.78 is 5.43. The van der Waals surface area contributed by atoms with Crippen LogP contribution in [-0.2, 0) is 4.74 Å². The van der Waals surface area contributed by atoms with Gasteiger partial charge < -0.3 is 9.64 Å². The van der Waals surface area contributed by atoms with Gasteiger partial charge >= 0.3 is 0 Å². The van der Waals surface area contributed by atoms with Crippen molar-refractivity contribution in [3.05, 3.63) is 11.6 Å². The maximum Gasteiger partial charge on any atom is 0.0946 e. The van der Waals surface area contributed by atoms with Gasteiger partial charge in [-0.25, -0.2) is 0 Å². The Balaban J connectivity index is 1.88. The van der Waals surface area contributed by atoms with Crippen LogP contribution in [0, 0.1) is 23.2 Å². The van der Waals surface area contributed by atoms with Crippen LogP contribution < -0.4 is 0 Å². The van der Waals surface area contributed by atoms with Crippen LogP contribution in [0.25, 0.3) is 0 Å². The van der Waals surface area contributed by atoms with Crippen molar-refractivity contribution in [2.45, 2.75) is 63.5 Å². The third-order valence-corrected chi connectivity index (χ3v) is 5.46. The molecule has 2 saturated carbocycles.